The number of ether oxygens (including phenoxy) is 1. The molecule has 0 saturated carbocycles. The molecule has 1 aliphatic rings. The van der Waals surface area contributed by atoms with Gasteiger partial charge in [0.25, 0.3) is 11.6 Å². The number of nitro groups is 1. The van der Waals surface area contributed by atoms with E-state index in [1.165, 1.54) is 34.8 Å². The lowest BCUT2D eigenvalue weighted by Gasteiger charge is -2.27. The molecular weight excluding hydrogens is 496 g/mol. The molecule has 2 aromatic carbocycles. The van der Waals surface area contributed by atoms with E-state index in [4.69, 9.17) is 16.3 Å². The average molecular weight is 517 g/mol. The molecule has 8 nitrogen and oxygen atoms in total. The van der Waals surface area contributed by atoms with Gasteiger partial charge in [-0.2, -0.15) is 0 Å². The van der Waals surface area contributed by atoms with Gasteiger partial charge in [0.2, 0.25) is 0 Å². The first kappa shape index (κ1) is 23.1. The third-order valence-electron chi connectivity index (χ3n) is 5.72. The van der Waals surface area contributed by atoms with E-state index < -0.39 is 4.92 Å². The minimum Gasteiger partial charge on any atom is -0.379 e. The van der Waals surface area contributed by atoms with Crippen LogP contribution in [0.2, 0.25) is 5.02 Å². The SMILES string of the molecule is O=C(c1cc2cc([N+](=O)[O-])ccc2s1)N(CCCN1CCOCC1)c1nc2c(Cl)cccc2s1. The van der Waals surface area contributed by atoms with Crippen molar-refractivity contribution in [1.29, 1.82) is 0 Å². The molecule has 0 bridgehead atoms. The number of fused-ring (bicyclic) bond motifs is 2. The molecule has 34 heavy (non-hydrogen) atoms. The molecule has 0 unspecified atom stereocenters. The number of anilines is 1. The van der Waals surface area contributed by atoms with Gasteiger partial charge < -0.3 is 4.74 Å². The van der Waals surface area contributed by atoms with Crippen molar-refractivity contribution in [3.8, 4) is 0 Å². The number of nitro benzene ring substituents is 1. The van der Waals surface area contributed by atoms with Gasteiger partial charge in [0.05, 0.1) is 32.7 Å². The zero-order valence-corrected chi connectivity index (χ0v) is 20.5. The van der Waals surface area contributed by atoms with E-state index in [1.807, 2.05) is 12.1 Å². The summed E-state index contributed by atoms with van der Waals surface area (Å²) >= 11 is 9.10. The molecular formula is C23H21ClN4O4S2. The summed E-state index contributed by atoms with van der Waals surface area (Å²) in [7, 11) is 0. The van der Waals surface area contributed by atoms with Gasteiger partial charge in [0.15, 0.2) is 5.13 Å². The molecule has 2 aromatic heterocycles. The van der Waals surface area contributed by atoms with Gasteiger partial charge in [-0.25, -0.2) is 4.98 Å². The van der Waals surface area contributed by atoms with Crippen LogP contribution in [0.15, 0.2) is 42.5 Å². The third kappa shape index (κ3) is 4.77. The van der Waals surface area contributed by atoms with Gasteiger partial charge in [0, 0.05) is 48.4 Å². The molecule has 1 amide bonds. The minimum atomic E-state index is -0.429. The fourth-order valence-electron chi connectivity index (χ4n) is 3.96. The largest absolute Gasteiger partial charge is 0.379 e. The first-order valence-corrected chi connectivity index (χ1v) is 12.9. The van der Waals surface area contributed by atoms with Crippen LogP contribution < -0.4 is 4.90 Å². The van der Waals surface area contributed by atoms with E-state index >= 15 is 0 Å². The molecule has 1 saturated heterocycles. The summed E-state index contributed by atoms with van der Waals surface area (Å²) in [6, 6.07) is 12.0. The number of rotatable bonds is 7. The number of nitrogens with zero attached hydrogens (tertiary/aromatic N) is 4. The van der Waals surface area contributed by atoms with Gasteiger partial charge in [0.1, 0.15) is 5.52 Å². The Balaban J connectivity index is 1.44. The summed E-state index contributed by atoms with van der Waals surface area (Å²) in [4.78, 5) is 33.6. The number of hydrogen-bond donors (Lipinski definition) is 0. The van der Waals surface area contributed by atoms with Gasteiger partial charge in [-0.1, -0.05) is 29.0 Å². The van der Waals surface area contributed by atoms with Gasteiger partial charge >= 0.3 is 0 Å². The highest BCUT2D eigenvalue weighted by molar-refractivity contribution is 7.23. The number of morpholine rings is 1. The van der Waals surface area contributed by atoms with E-state index in [2.05, 4.69) is 9.88 Å². The second-order valence-electron chi connectivity index (χ2n) is 7.94. The number of aromatic nitrogens is 1. The Kier molecular flexibility index (Phi) is 6.75. The molecule has 0 atom stereocenters. The number of benzene rings is 2. The van der Waals surface area contributed by atoms with Crippen LogP contribution in [-0.4, -0.2) is 60.1 Å². The molecule has 5 rings (SSSR count). The topological polar surface area (TPSA) is 88.8 Å². The molecule has 0 N–H and O–H groups in total. The Bertz CT molecular complexity index is 1370. The van der Waals surface area contributed by atoms with Crippen molar-refractivity contribution >= 4 is 71.3 Å². The highest BCUT2D eigenvalue weighted by Crippen LogP contribution is 2.35. The molecule has 4 aromatic rings. The molecule has 176 valence electrons. The van der Waals surface area contributed by atoms with Crippen LogP contribution in [0.25, 0.3) is 20.3 Å². The summed E-state index contributed by atoms with van der Waals surface area (Å²) in [6.45, 7) is 4.60. The Hall–Kier alpha value is -2.63. The first-order chi connectivity index (χ1) is 16.5. The number of para-hydroxylation sites is 1. The zero-order chi connectivity index (χ0) is 23.7. The Labute approximate surface area is 208 Å². The van der Waals surface area contributed by atoms with E-state index in [-0.39, 0.29) is 11.6 Å². The van der Waals surface area contributed by atoms with Crippen molar-refractivity contribution in [3.63, 3.8) is 0 Å². The number of hydrogen-bond acceptors (Lipinski definition) is 8. The number of carbonyl (C=O) groups is 1. The maximum atomic E-state index is 13.7. The first-order valence-electron chi connectivity index (χ1n) is 10.8. The second kappa shape index (κ2) is 9.93. The van der Waals surface area contributed by atoms with Crippen LogP contribution in [-0.2, 0) is 4.74 Å². The second-order valence-corrected chi connectivity index (χ2v) is 10.4. The third-order valence-corrected chi connectivity index (χ3v) is 8.17. The average Bonchev–Trinajstić information content (AvgIpc) is 3.47. The Morgan fingerprint density at radius 3 is 2.76 bits per heavy atom. The normalized spacial score (nSPS) is 14.6. The smallest absolute Gasteiger partial charge is 0.270 e. The molecule has 0 aliphatic carbocycles. The van der Waals surface area contributed by atoms with Crippen LogP contribution in [0.1, 0.15) is 16.1 Å². The van der Waals surface area contributed by atoms with E-state index in [9.17, 15) is 14.9 Å². The van der Waals surface area contributed by atoms with Crippen LogP contribution in [0, 0.1) is 10.1 Å². The molecule has 0 radical (unpaired) electrons. The number of amides is 1. The predicted octanol–water partition coefficient (Wildman–Crippen LogP) is 5.44. The van der Waals surface area contributed by atoms with Crippen LogP contribution in [0.3, 0.4) is 0 Å². The summed E-state index contributed by atoms with van der Waals surface area (Å²) < 4.78 is 7.17. The van der Waals surface area contributed by atoms with E-state index in [0.717, 1.165) is 48.7 Å². The Morgan fingerprint density at radius 2 is 2.00 bits per heavy atom. The van der Waals surface area contributed by atoms with Crippen molar-refractivity contribution in [1.82, 2.24) is 9.88 Å². The monoisotopic (exact) mass is 516 g/mol. The van der Waals surface area contributed by atoms with Crippen molar-refractivity contribution < 1.29 is 14.5 Å². The van der Waals surface area contributed by atoms with Crippen LogP contribution in [0.5, 0.6) is 0 Å². The standard InChI is InChI=1S/C23H21ClN4O4S2/c24-17-3-1-4-19-21(17)25-23(34-19)27(8-2-7-26-9-11-32-12-10-26)22(29)20-14-15-13-16(28(30)31)5-6-18(15)33-20/h1,3-6,13-14H,2,7-12H2. The fraction of sp³-hybridized carbons (Fsp3) is 0.304. The Morgan fingerprint density at radius 1 is 1.18 bits per heavy atom. The number of non-ortho nitro benzene ring substituents is 1. The predicted molar refractivity (Wildman–Crippen MR) is 137 cm³/mol. The minimum absolute atomic E-state index is 0.00693. The summed E-state index contributed by atoms with van der Waals surface area (Å²) in [5.41, 5.74) is 0.689. The molecule has 1 fully saturated rings. The molecule has 0 spiro atoms. The van der Waals surface area contributed by atoms with Crippen molar-refractivity contribution in [3.05, 3.63) is 62.5 Å². The van der Waals surface area contributed by atoms with Crippen molar-refractivity contribution in [2.75, 3.05) is 44.3 Å². The number of thiazole rings is 1. The summed E-state index contributed by atoms with van der Waals surface area (Å²) in [5, 5.41) is 13.0. The molecule has 1 aliphatic heterocycles. The lowest BCUT2D eigenvalue weighted by molar-refractivity contribution is -0.384. The number of carbonyl (C=O) groups excluding carboxylic acids is 1. The molecule has 3 heterocycles. The maximum absolute atomic E-state index is 13.7. The number of thiophene rings is 1. The molecule has 11 heteroatoms. The highest BCUT2D eigenvalue weighted by atomic mass is 35.5. The van der Waals surface area contributed by atoms with Crippen LogP contribution >= 0.6 is 34.3 Å². The van der Waals surface area contributed by atoms with Crippen molar-refractivity contribution in [2.45, 2.75) is 6.42 Å². The number of halogens is 1. The van der Waals surface area contributed by atoms with Gasteiger partial charge in [-0.05, 0) is 30.7 Å². The summed E-state index contributed by atoms with van der Waals surface area (Å²) in [5.74, 6) is -0.166. The quantitative estimate of drug-likeness (QED) is 0.240. The summed E-state index contributed by atoms with van der Waals surface area (Å²) in [6.07, 6.45) is 0.783. The zero-order valence-electron chi connectivity index (χ0n) is 18.1. The van der Waals surface area contributed by atoms with Crippen molar-refractivity contribution in [2.24, 2.45) is 0 Å². The van der Waals surface area contributed by atoms with E-state index in [1.54, 1.807) is 23.1 Å². The van der Waals surface area contributed by atoms with Gasteiger partial charge in [-0.3, -0.25) is 24.7 Å². The van der Waals surface area contributed by atoms with Crippen LogP contribution in [0.4, 0.5) is 10.8 Å². The fourth-order valence-corrected chi connectivity index (χ4v) is 6.24. The maximum Gasteiger partial charge on any atom is 0.270 e. The lowest BCUT2D eigenvalue weighted by atomic mass is 10.2. The lowest BCUT2D eigenvalue weighted by Crippen LogP contribution is -2.39. The van der Waals surface area contributed by atoms with Gasteiger partial charge in [-0.15, -0.1) is 11.3 Å². The van der Waals surface area contributed by atoms with E-state index in [0.29, 0.717) is 32.5 Å². The highest BCUT2D eigenvalue weighted by Gasteiger charge is 2.24.